The van der Waals surface area contributed by atoms with Gasteiger partial charge in [-0.3, -0.25) is 9.59 Å². The van der Waals surface area contributed by atoms with E-state index in [1.807, 2.05) is 0 Å². The zero-order valence-electron chi connectivity index (χ0n) is 16.3. The zero-order chi connectivity index (χ0) is 20.7. The lowest BCUT2D eigenvalue weighted by Gasteiger charge is -2.35. The molecule has 1 aliphatic rings. The zero-order valence-corrected chi connectivity index (χ0v) is 16.3. The molecule has 1 heterocycles. The van der Waals surface area contributed by atoms with Crippen LogP contribution in [0, 0.1) is 0 Å². The van der Waals surface area contributed by atoms with Crippen molar-refractivity contribution >= 4 is 29.6 Å². The van der Waals surface area contributed by atoms with E-state index in [-0.39, 0.29) is 23.9 Å². The topological polar surface area (TPSA) is 96.5 Å². The van der Waals surface area contributed by atoms with Crippen LogP contribution in [-0.2, 0) is 19.1 Å². The van der Waals surface area contributed by atoms with Crippen molar-refractivity contribution in [2.75, 3.05) is 51.3 Å². The number of amides is 3. The first-order valence-corrected chi connectivity index (χ1v) is 9.04. The summed E-state index contributed by atoms with van der Waals surface area (Å²) in [5.74, 6) is -1.22. The summed E-state index contributed by atoms with van der Waals surface area (Å²) in [4.78, 5) is 53.0. The van der Waals surface area contributed by atoms with Crippen LogP contribution in [0.5, 0.6) is 0 Å². The normalized spacial score (nSPS) is 13.7. The third-order valence-corrected chi connectivity index (χ3v) is 4.43. The molecule has 0 saturated carbocycles. The predicted octanol–water partition coefficient (Wildman–Crippen LogP) is 1.13. The molecule has 2 rings (SSSR count). The maximum Gasteiger partial charge on any atom is 0.409 e. The number of para-hydroxylation sites is 1. The molecular weight excluding hydrogens is 366 g/mol. The van der Waals surface area contributed by atoms with Gasteiger partial charge in [0.15, 0.2) is 0 Å². The summed E-state index contributed by atoms with van der Waals surface area (Å²) < 4.78 is 9.72. The Balaban J connectivity index is 2.08. The van der Waals surface area contributed by atoms with Gasteiger partial charge in [0.25, 0.3) is 0 Å². The summed E-state index contributed by atoms with van der Waals surface area (Å²) in [7, 11) is 1.26. The summed E-state index contributed by atoms with van der Waals surface area (Å²) in [6.07, 6.45) is -0.396. The summed E-state index contributed by atoms with van der Waals surface area (Å²) >= 11 is 0. The highest BCUT2D eigenvalue weighted by Gasteiger charge is 2.28. The Bertz CT molecular complexity index is 743. The van der Waals surface area contributed by atoms with E-state index >= 15 is 0 Å². The molecule has 0 aromatic heterocycles. The monoisotopic (exact) mass is 391 g/mol. The minimum atomic E-state index is -0.586. The van der Waals surface area contributed by atoms with Gasteiger partial charge in [-0.15, -0.1) is 0 Å². The lowest BCUT2D eigenvalue weighted by molar-refractivity contribution is -0.132. The van der Waals surface area contributed by atoms with Crippen molar-refractivity contribution in [1.29, 1.82) is 0 Å². The number of hydrogen-bond donors (Lipinski definition) is 0. The molecular formula is C19H25N3O6. The molecule has 1 aromatic carbocycles. The third kappa shape index (κ3) is 4.99. The first-order chi connectivity index (χ1) is 13.4. The maximum atomic E-state index is 12.7. The summed E-state index contributed by atoms with van der Waals surface area (Å²) in [6.45, 7) is 4.59. The van der Waals surface area contributed by atoms with Gasteiger partial charge in [0.2, 0.25) is 11.8 Å². The van der Waals surface area contributed by atoms with Crippen LogP contribution in [0.2, 0.25) is 0 Å². The maximum absolute atomic E-state index is 12.7. The van der Waals surface area contributed by atoms with Gasteiger partial charge in [-0.25, -0.2) is 9.59 Å². The SMILES string of the molecule is CCOC(=O)N1CCN(C(=O)CN(C(C)=O)c2ccccc2C(=O)OC)CC1. The second-order valence-electron chi connectivity index (χ2n) is 6.18. The van der Waals surface area contributed by atoms with Crippen LogP contribution in [0.1, 0.15) is 24.2 Å². The fourth-order valence-corrected chi connectivity index (χ4v) is 2.95. The van der Waals surface area contributed by atoms with Crippen molar-refractivity contribution in [3.8, 4) is 0 Å². The number of esters is 1. The van der Waals surface area contributed by atoms with Crippen molar-refractivity contribution in [3.63, 3.8) is 0 Å². The van der Waals surface area contributed by atoms with E-state index < -0.39 is 12.1 Å². The standard InChI is InChI=1S/C19H25N3O6/c1-4-28-19(26)21-11-9-20(10-12-21)17(24)13-22(14(2)23)16-8-6-5-7-15(16)18(25)27-3/h5-8H,4,9-13H2,1-3H3. The van der Waals surface area contributed by atoms with Gasteiger partial charge in [0.1, 0.15) is 6.54 Å². The molecule has 1 aromatic rings. The molecule has 0 radical (unpaired) electrons. The first kappa shape index (κ1) is 21.2. The second-order valence-corrected chi connectivity index (χ2v) is 6.18. The highest BCUT2D eigenvalue weighted by atomic mass is 16.6. The first-order valence-electron chi connectivity index (χ1n) is 9.04. The van der Waals surface area contributed by atoms with Gasteiger partial charge in [-0.1, -0.05) is 12.1 Å². The van der Waals surface area contributed by atoms with E-state index in [2.05, 4.69) is 0 Å². The van der Waals surface area contributed by atoms with E-state index in [1.165, 1.54) is 18.9 Å². The summed E-state index contributed by atoms with van der Waals surface area (Å²) in [6, 6.07) is 6.48. The molecule has 9 nitrogen and oxygen atoms in total. The van der Waals surface area contributed by atoms with E-state index in [0.717, 1.165) is 0 Å². The highest BCUT2D eigenvalue weighted by Crippen LogP contribution is 2.22. The predicted molar refractivity (Wildman–Crippen MR) is 101 cm³/mol. The van der Waals surface area contributed by atoms with Crippen LogP contribution < -0.4 is 4.90 Å². The largest absolute Gasteiger partial charge is 0.465 e. The Morgan fingerprint density at radius 1 is 1.04 bits per heavy atom. The number of carbonyl (C=O) groups is 4. The van der Waals surface area contributed by atoms with Crippen LogP contribution in [0.15, 0.2) is 24.3 Å². The molecule has 28 heavy (non-hydrogen) atoms. The van der Waals surface area contributed by atoms with Gasteiger partial charge >= 0.3 is 12.1 Å². The number of methoxy groups -OCH3 is 1. The van der Waals surface area contributed by atoms with Crippen LogP contribution in [0.25, 0.3) is 0 Å². The van der Waals surface area contributed by atoms with E-state index in [1.54, 1.807) is 41.0 Å². The molecule has 3 amide bonds. The number of nitrogens with zero attached hydrogens (tertiary/aromatic N) is 3. The molecule has 0 N–H and O–H groups in total. The van der Waals surface area contributed by atoms with Gasteiger partial charge in [0.05, 0.1) is 25.0 Å². The Morgan fingerprint density at radius 2 is 1.64 bits per heavy atom. The molecule has 0 aliphatic carbocycles. The lowest BCUT2D eigenvalue weighted by atomic mass is 10.1. The fourth-order valence-electron chi connectivity index (χ4n) is 2.95. The average molecular weight is 391 g/mol. The van der Waals surface area contributed by atoms with E-state index in [0.29, 0.717) is 38.5 Å². The summed E-state index contributed by atoms with van der Waals surface area (Å²) in [5, 5.41) is 0. The lowest BCUT2D eigenvalue weighted by Crippen LogP contribution is -2.53. The van der Waals surface area contributed by atoms with Gasteiger partial charge in [-0.2, -0.15) is 0 Å². The number of benzene rings is 1. The molecule has 152 valence electrons. The van der Waals surface area contributed by atoms with Crippen molar-refractivity contribution in [2.45, 2.75) is 13.8 Å². The number of rotatable bonds is 5. The molecule has 0 bridgehead atoms. The minimum Gasteiger partial charge on any atom is -0.465 e. The number of anilines is 1. The molecule has 0 spiro atoms. The van der Waals surface area contributed by atoms with Crippen molar-refractivity contribution in [3.05, 3.63) is 29.8 Å². The molecule has 0 unspecified atom stereocenters. The molecule has 1 saturated heterocycles. The Hall–Kier alpha value is -3.10. The number of piperazine rings is 1. The van der Waals surface area contributed by atoms with Crippen LogP contribution in [0.3, 0.4) is 0 Å². The van der Waals surface area contributed by atoms with Crippen molar-refractivity contribution in [1.82, 2.24) is 9.80 Å². The molecule has 1 fully saturated rings. The van der Waals surface area contributed by atoms with E-state index in [4.69, 9.17) is 9.47 Å². The molecule has 0 atom stereocenters. The Kier molecular flexibility index (Phi) is 7.36. The highest BCUT2D eigenvalue weighted by molar-refractivity contribution is 6.04. The van der Waals surface area contributed by atoms with Gasteiger partial charge in [0, 0.05) is 33.1 Å². The Morgan fingerprint density at radius 3 is 2.21 bits per heavy atom. The summed E-state index contributed by atoms with van der Waals surface area (Å²) in [5.41, 5.74) is 0.528. The van der Waals surface area contributed by atoms with Crippen LogP contribution in [-0.4, -0.2) is 80.1 Å². The number of ether oxygens (including phenoxy) is 2. The molecule has 1 aliphatic heterocycles. The number of carbonyl (C=O) groups excluding carboxylic acids is 4. The third-order valence-electron chi connectivity index (χ3n) is 4.43. The van der Waals surface area contributed by atoms with Crippen molar-refractivity contribution in [2.24, 2.45) is 0 Å². The second kappa shape index (κ2) is 9.72. The van der Waals surface area contributed by atoms with Crippen LogP contribution >= 0.6 is 0 Å². The fraction of sp³-hybridized carbons (Fsp3) is 0.474. The van der Waals surface area contributed by atoms with Gasteiger partial charge in [-0.05, 0) is 19.1 Å². The number of hydrogen-bond acceptors (Lipinski definition) is 6. The molecule has 9 heteroatoms. The average Bonchev–Trinajstić information content (AvgIpc) is 2.71. The Labute approximate surface area is 163 Å². The van der Waals surface area contributed by atoms with Gasteiger partial charge < -0.3 is 24.2 Å². The quantitative estimate of drug-likeness (QED) is 0.698. The van der Waals surface area contributed by atoms with E-state index in [9.17, 15) is 19.2 Å². The van der Waals surface area contributed by atoms with Crippen LogP contribution in [0.4, 0.5) is 10.5 Å². The minimum absolute atomic E-state index is 0.206. The smallest absolute Gasteiger partial charge is 0.409 e. The van der Waals surface area contributed by atoms with Crippen molar-refractivity contribution < 1.29 is 28.7 Å².